The quantitative estimate of drug-likeness (QED) is 0.619. The van der Waals surface area contributed by atoms with Crippen molar-refractivity contribution in [2.24, 2.45) is 11.8 Å². The van der Waals surface area contributed by atoms with Gasteiger partial charge in [0.1, 0.15) is 5.76 Å². The SMILES string of the molecule is CC1=CC(C(F)(F)F)C=CC(N2Cc3oc(C)nc3C(C)(C)C2)=C1CNN. The van der Waals surface area contributed by atoms with Crippen LogP contribution in [0.4, 0.5) is 13.2 Å². The van der Waals surface area contributed by atoms with Crippen LogP contribution in [0.1, 0.15) is 38.1 Å². The van der Waals surface area contributed by atoms with Gasteiger partial charge in [0, 0.05) is 31.1 Å². The Hall–Kier alpha value is -2.06. The highest BCUT2D eigenvalue weighted by atomic mass is 19.4. The number of nitrogens with one attached hydrogen (secondary N) is 1. The molecule has 2 heterocycles. The van der Waals surface area contributed by atoms with E-state index in [0.29, 0.717) is 24.6 Å². The maximum absolute atomic E-state index is 13.3. The van der Waals surface area contributed by atoms with Gasteiger partial charge in [-0.05, 0) is 24.1 Å². The number of oxazole rings is 1. The lowest BCUT2D eigenvalue weighted by Crippen LogP contribution is -2.42. The molecule has 1 atom stereocenters. The largest absolute Gasteiger partial charge is 0.444 e. The van der Waals surface area contributed by atoms with E-state index in [1.807, 2.05) is 4.90 Å². The molecule has 5 nitrogen and oxygen atoms in total. The Morgan fingerprint density at radius 1 is 1.37 bits per heavy atom. The Balaban J connectivity index is 2.05. The molecule has 0 spiro atoms. The van der Waals surface area contributed by atoms with E-state index < -0.39 is 12.1 Å². The fraction of sp³-hybridized carbons (Fsp3) is 0.526. The summed E-state index contributed by atoms with van der Waals surface area (Å²) in [6.45, 7) is 8.95. The highest BCUT2D eigenvalue weighted by Crippen LogP contribution is 2.38. The van der Waals surface area contributed by atoms with Gasteiger partial charge in [-0.1, -0.05) is 26.0 Å². The number of aromatic nitrogens is 1. The standard InChI is InChI=1S/C19H25F3N4O/c1-11-7-13(19(20,21)22)5-6-15(14(11)8-24-23)26-9-16-17(18(3,4)10-26)25-12(2)27-16/h5-7,13,24H,8-10,23H2,1-4H3. The molecule has 1 aliphatic carbocycles. The molecule has 0 bridgehead atoms. The molecule has 1 aliphatic heterocycles. The van der Waals surface area contributed by atoms with Gasteiger partial charge in [-0.2, -0.15) is 13.2 Å². The third kappa shape index (κ3) is 3.82. The number of hydrogen-bond acceptors (Lipinski definition) is 5. The average molecular weight is 382 g/mol. The zero-order valence-electron chi connectivity index (χ0n) is 15.9. The van der Waals surface area contributed by atoms with Crippen LogP contribution in [0, 0.1) is 12.8 Å². The van der Waals surface area contributed by atoms with Gasteiger partial charge in [-0.15, -0.1) is 0 Å². The van der Waals surface area contributed by atoms with Gasteiger partial charge >= 0.3 is 6.18 Å². The summed E-state index contributed by atoms with van der Waals surface area (Å²) in [4.78, 5) is 6.54. The predicted octanol–water partition coefficient (Wildman–Crippen LogP) is 3.49. The molecule has 8 heteroatoms. The monoisotopic (exact) mass is 382 g/mol. The Bertz CT molecular complexity index is 817. The maximum atomic E-state index is 13.3. The first-order chi connectivity index (χ1) is 12.5. The molecule has 3 N–H and O–H groups in total. The number of nitrogens with zero attached hydrogens (tertiary/aromatic N) is 2. The van der Waals surface area contributed by atoms with Crippen LogP contribution >= 0.6 is 0 Å². The summed E-state index contributed by atoms with van der Waals surface area (Å²) < 4.78 is 45.7. The van der Waals surface area contributed by atoms with Crippen molar-refractivity contribution < 1.29 is 17.6 Å². The summed E-state index contributed by atoms with van der Waals surface area (Å²) in [6, 6.07) is 0. The van der Waals surface area contributed by atoms with Crippen molar-refractivity contribution in [3.05, 3.63) is 52.4 Å². The summed E-state index contributed by atoms with van der Waals surface area (Å²) >= 11 is 0. The van der Waals surface area contributed by atoms with Gasteiger partial charge in [0.15, 0.2) is 5.89 Å². The number of fused-ring (bicyclic) bond motifs is 1. The molecule has 0 saturated heterocycles. The number of alkyl halides is 3. The molecule has 2 aliphatic rings. The molecular formula is C19H25F3N4O. The smallest absolute Gasteiger partial charge is 0.398 e. The fourth-order valence-electron chi connectivity index (χ4n) is 3.81. The van der Waals surface area contributed by atoms with E-state index in [4.69, 9.17) is 10.3 Å². The first-order valence-corrected chi connectivity index (χ1v) is 8.85. The number of rotatable bonds is 3. The van der Waals surface area contributed by atoms with E-state index in [9.17, 15) is 13.2 Å². The zero-order valence-corrected chi connectivity index (χ0v) is 15.9. The van der Waals surface area contributed by atoms with E-state index in [0.717, 1.165) is 22.7 Å². The van der Waals surface area contributed by atoms with Gasteiger partial charge in [0.25, 0.3) is 0 Å². The van der Waals surface area contributed by atoms with Crippen molar-refractivity contribution >= 4 is 0 Å². The van der Waals surface area contributed by atoms with Crippen LogP contribution in [-0.2, 0) is 12.0 Å². The summed E-state index contributed by atoms with van der Waals surface area (Å²) in [5, 5.41) is 0. The average Bonchev–Trinajstić information content (AvgIpc) is 2.84. The Kier molecular flexibility index (Phi) is 4.98. The summed E-state index contributed by atoms with van der Waals surface area (Å²) in [7, 11) is 0. The van der Waals surface area contributed by atoms with Crippen molar-refractivity contribution in [2.75, 3.05) is 13.1 Å². The molecule has 1 aromatic heterocycles. The summed E-state index contributed by atoms with van der Waals surface area (Å²) in [5.41, 5.74) is 5.24. The van der Waals surface area contributed by atoms with Gasteiger partial charge in [-0.25, -0.2) is 4.98 Å². The highest BCUT2D eigenvalue weighted by molar-refractivity contribution is 5.44. The number of hydrogen-bond donors (Lipinski definition) is 2. The molecule has 3 rings (SSSR count). The molecule has 0 saturated carbocycles. The van der Waals surface area contributed by atoms with Crippen LogP contribution in [0.3, 0.4) is 0 Å². The third-order valence-corrected chi connectivity index (χ3v) is 5.04. The zero-order chi connectivity index (χ0) is 20.0. The van der Waals surface area contributed by atoms with Crippen molar-refractivity contribution in [1.82, 2.24) is 15.3 Å². The summed E-state index contributed by atoms with van der Waals surface area (Å²) in [6.07, 6.45) is -0.321. The van der Waals surface area contributed by atoms with Gasteiger partial charge in [0.05, 0.1) is 18.2 Å². The molecule has 0 fully saturated rings. The first-order valence-electron chi connectivity index (χ1n) is 8.85. The maximum Gasteiger partial charge on any atom is 0.398 e. The second-order valence-corrected chi connectivity index (χ2v) is 7.77. The van der Waals surface area contributed by atoms with E-state index in [1.165, 1.54) is 12.2 Å². The van der Waals surface area contributed by atoms with Crippen LogP contribution < -0.4 is 11.3 Å². The minimum absolute atomic E-state index is 0.270. The van der Waals surface area contributed by atoms with Gasteiger partial charge in [0.2, 0.25) is 0 Å². The van der Waals surface area contributed by atoms with Crippen molar-refractivity contribution in [3.63, 3.8) is 0 Å². The summed E-state index contributed by atoms with van der Waals surface area (Å²) in [5.74, 6) is 5.24. The van der Waals surface area contributed by atoms with Crippen LogP contribution in [0.2, 0.25) is 0 Å². The lowest BCUT2D eigenvalue weighted by atomic mass is 9.84. The van der Waals surface area contributed by atoms with Crippen molar-refractivity contribution in [1.29, 1.82) is 0 Å². The van der Waals surface area contributed by atoms with Crippen LogP contribution in [0.5, 0.6) is 0 Å². The molecule has 1 unspecified atom stereocenters. The Morgan fingerprint density at radius 3 is 2.70 bits per heavy atom. The van der Waals surface area contributed by atoms with E-state index in [-0.39, 0.29) is 12.0 Å². The number of nitrogens with two attached hydrogens (primary N) is 1. The second-order valence-electron chi connectivity index (χ2n) is 7.77. The van der Waals surface area contributed by atoms with E-state index in [1.54, 1.807) is 19.9 Å². The molecule has 0 aromatic carbocycles. The highest BCUT2D eigenvalue weighted by Gasteiger charge is 2.40. The fourth-order valence-corrected chi connectivity index (χ4v) is 3.81. The molecule has 0 amide bonds. The van der Waals surface area contributed by atoms with Crippen molar-refractivity contribution in [2.45, 2.75) is 45.8 Å². The normalized spacial score (nSPS) is 22.6. The number of halogens is 3. The molecular weight excluding hydrogens is 357 g/mol. The van der Waals surface area contributed by atoms with Crippen LogP contribution in [0.15, 0.2) is 39.5 Å². The van der Waals surface area contributed by atoms with Gasteiger partial charge in [-0.3, -0.25) is 11.3 Å². The second kappa shape index (κ2) is 6.83. The number of allylic oxidation sites excluding steroid dienone is 3. The first kappa shape index (κ1) is 19.7. The third-order valence-electron chi connectivity index (χ3n) is 5.04. The van der Waals surface area contributed by atoms with Gasteiger partial charge < -0.3 is 9.32 Å². The predicted molar refractivity (Wildman–Crippen MR) is 96.3 cm³/mol. The Labute approximate surface area is 156 Å². The molecule has 0 radical (unpaired) electrons. The number of aryl methyl sites for hydroxylation is 1. The van der Waals surface area contributed by atoms with Crippen LogP contribution in [0.25, 0.3) is 0 Å². The number of hydrazine groups is 1. The topological polar surface area (TPSA) is 67.3 Å². The minimum atomic E-state index is -4.33. The van der Waals surface area contributed by atoms with Crippen molar-refractivity contribution in [3.8, 4) is 0 Å². The van der Waals surface area contributed by atoms with E-state index >= 15 is 0 Å². The Morgan fingerprint density at radius 2 is 2.07 bits per heavy atom. The van der Waals surface area contributed by atoms with Crippen LogP contribution in [-0.4, -0.2) is 29.1 Å². The molecule has 148 valence electrons. The lowest BCUT2D eigenvalue weighted by molar-refractivity contribution is -0.148. The molecule has 27 heavy (non-hydrogen) atoms. The minimum Gasteiger partial charge on any atom is -0.444 e. The molecule has 1 aromatic rings. The van der Waals surface area contributed by atoms with E-state index in [2.05, 4.69) is 24.3 Å². The lowest BCUT2D eigenvalue weighted by Gasteiger charge is -2.39.